The molecule has 1 aromatic carbocycles. The smallest absolute Gasteiger partial charge is 0.212 e. The molecule has 150 valence electrons. The summed E-state index contributed by atoms with van der Waals surface area (Å²) in [5, 5.41) is 13.9. The Morgan fingerprint density at radius 3 is 2.57 bits per heavy atom. The number of aliphatic hydroxyl groups excluding tert-OH is 1. The first-order valence-electron chi connectivity index (χ1n) is 9.39. The van der Waals surface area contributed by atoms with Crippen LogP contribution >= 0.6 is 0 Å². The zero-order valence-corrected chi connectivity index (χ0v) is 16.6. The van der Waals surface area contributed by atoms with Crippen LogP contribution in [-0.2, 0) is 6.54 Å². The zero-order chi connectivity index (χ0) is 20.9. The molecule has 7 heteroatoms. The first kappa shape index (κ1) is 19.4. The van der Waals surface area contributed by atoms with E-state index in [1.165, 1.54) is 0 Å². The molecule has 0 amide bonds. The van der Waals surface area contributed by atoms with Crippen molar-refractivity contribution in [3.8, 4) is 29.0 Å². The number of rotatable bonds is 5. The number of hydrogen-bond acceptors (Lipinski definition) is 6. The number of nitrogens with zero attached hydrogens (tertiary/aromatic N) is 4. The predicted molar refractivity (Wildman–Crippen MR) is 111 cm³/mol. The summed E-state index contributed by atoms with van der Waals surface area (Å²) in [7, 11) is 1.58. The third-order valence-electron chi connectivity index (χ3n) is 4.48. The summed E-state index contributed by atoms with van der Waals surface area (Å²) in [5.41, 5.74) is 3.36. The number of aliphatic hydroxyl groups is 1. The lowest BCUT2D eigenvalue weighted by Crippen LogP contribution is -2.07. The molecule has 1 atom stereocenters. The van der Waals surface area contributed by atoms with Crippen molar-refractivity contribution in [2.75, 3.05) is 7.11 Å². The summed E-state index contributed by atoms with van der Waals surface area (Å²) in [6.45, 7) is 2.16. The van der Waals surface area contributed by atoms with Crippen LogP contribution in [0.3, 0.4) is 0 Å². The number of pyridine rings is 1. The Kier molecular flexibility index (Phi) is 5.59. The van der Waals surface area contributed by atoms with Gasteiger partial charge in [-0.2, -0.15) is 0 Å². The van der Waals surface area contributed by atoms with Crippen molar-refractivity contribution in [2.45, 2.75) is 19.6 Å². The summed E-state index contributed by atoms with van der Waals surface area (Å²) in [6, 6.07) is 13.3. The highest BCUT2D eigenvalue weighted by molar-refractivity contribution is 5.59. The molecule has 0 radical (unpaired) electrons. The first-order chi connectivity index (χ1) is 14.6. The van der Waals surface area contributed by atoms with Gasteiger partial charge < -0.3 is 18.9 Å². The molecular formula is C23H20N4O3. The molecule has 4 aromatic rings. The largest absolute Gasteiger partial charge is 0.481 e. The number of ether oxygens (including phenoxy) is 1. The highest BCUT2D eigenvalue weighted by Crippen LogP contribution is 2.22. The summed E-state index contributed by atoms with van der Waals surface area (Å²) in [5.74, 6) is 8.02. The highest BCUT2D eigenvalue weighted by Gasteiger charge is 2.12. The maximum Gasteiger partial charge on any atom is 0.212 e. The van der Waals surface area contributed by atoms with Crippen LogP contribution < -0.4 is 4.74 Å². The zero-order valence-electron chi connectivity index (χ0n) is 16.6. The third kappa shape index (κ3) is 4.40. The van der Waals surface area contributed by atoms with Gasteiger partial charge >= 0.3 is 0 Å². The molecule has 7 nitrogen and oxygen atoms in total. The quantitative estimate of drug-likeness (QED) is 0.517. The molecule has 0 aliphatic heterocycles. The van der Waals surface area contributed by atoms with Gasteiger partial charge in [0.15, 0.2) is 5.76 Å². The minimum atomic E-state index is -0.645. The molecule has 0 aliphatic rings. The molecular weight excluding hydrogens is 380 g/mol. The van der Waals surface area contributed by atoms with Gasteiger partial charge in [0.25, 0.3) is 0 Å². The van der Waals surface area contributed by atoms with Gasteiger partial charge in [0.05, 0.1) is 13.7 Å². The fraction of sp³-hybridized carbons (Fsp3) is 0.174. The SMILES string of the molecule is COc1ccc(C#Cc2ccc(-c3cc(Cn4ccnc4C(C)O)no3)cc2)cn1. The molecule has 0 fully saturated rings. The number of aromatic nitrogens is 4. The van der Waals surface area contributed by atoms with Crippen LogP contribution in [-0.4, -0.2) is 31.9 Å². The highest BCUT2D eigenvalue weighted by atomic mass is 16.5. The molecule has 30 heavy (non-hydrogen) atoms. The molecule has 4 rings (SSSR count). The maximum atomic E-state index is 9.77. The van der Waals surface area contributed by atoms with Crippen LogP contribution in [0.2, 0.25) is 0 Å². The molecule has 0 bridgehead atoms. The number of methoxy groups -OCH3 is 1. The minimum absolute atomic E-state index is 0.475. The van der Waals surface area contributed by atoms with Crippen molar-refractivity contribution in [3.63, 3.8) is 0 Å². The summed E-state index contributed by atoms with van der Waals surface area (Å²) in [6.07, 6.45) is 4.50. The topological polar surface area (TPSA) is 86.2 Å². The van der Waals surface area contributed by atoms with Gasteiger partial charge in [-0.1, -0.05) is 17.0 Å². The Morgan fingerprint density at radius 1 is 1.10 bits per heavy atom. The van der Waals surface area contributed by atoms with Crippen molar-refractivity contribution in [3.05, 3.63) is 83.7 Å². The summed E-state index contributed by atoms with van der Waals surface area (Å²) < 4.78 is 12.4. The molecule has 3 heterocycles. The predicted octanol–water partition coefficient (Wildman–Crippen LogP) is 3.44. The molecule has 0 saturated carbocycles. The van der Waals surface area contributed by atoms with E-state index in [-0.39, 0.29) is 0 Å². The second-order valence-corrected chi connectivity index (χ2v) is 6.69. The van der Waals surface area contributed by atoms with Gasteiger partial charge in [-0.3, -0.25) is 0 Å². The van der Waals surface area contributed by atoms with E-state index in [2.05, 4.69) is 27.0 Å². The Bertz CT molecular complexity index is 1180. The Morgan fingerprint density at radius 2 is 1.87 bits per heavy atom. The average Bonchev–Trinajstić information content (AvgIpc) is 3.43. The van der Waals surface area contributed by atoms with Crippen LogP contribution in [0.25, 0.3) is 11.3 Å². The van der Waals surface area contributed by atoms with Crippen molar-refractivity contribution in [2.24, 2.45) is 0 Å². The van der Waals surface area contributed by atoms with E-state index in [0.717, 1.165) is 22.4 Å². The molecule has 0 saturated heterocycles. The van der Waals surface area contributed by atoms with Gasteiger partial charge in [-0.25, -0.2) is 9.97 Å². The van der Waals surface area contributed by atoms with E-state index in [0.29, 0.717) is 24.0 Å². The second-order valence-electron chi connectivity index (χ2n) is 6.69. The molecule has 3 aromatic heterocycles. The van der Waals surface area contributed by atoms with Gasteiger partial charge in [-0.15, -0.1) is 0 Å². The van der Waals surface area contributed by atoms with Crippen LogP contribution in [0.5, 0.6) is 5.88 Å². The van der Waals surface area contributed by atoms with Crippen molar-refractivity contribution in [1.82, 2.24) is 19.7 Å². The van der Waals surface area contributed by atoms with Crippen LogP contribution in [0.4, 0.5) is 0 Å². The second kappa shape index (κ2) is 8.64. The Balaban J connectivity index is 1.46. The monoisotopic (exact) mass is 400 g/mol. The van der Waals surface area contributed by atoms with Crippen LogP contribution in [0.15, 0.2) is 65.6 Å². The van der Waals surface area contributed by atoms with Gasteiger partial charge in [0, 0.05) is 47.4 Å². The van der Waals surface area contributed by atoms with Gasteiger partial charge in [0.1, 0.15) is 17.6 Å². The maximum absolute atomic E-state index is 9.77. The molecule has 1 N–H and O–H groups in total. The van der Waals surface area contributed by atoms with Crippen molar-refractivity contribution in [1.29, 1.82) is 0 Å². The number of hydrogen-bond donors (Lipinski definition) is 1. The molecule has 1 unspecified atom stereocenters. The average molecular weight is 400 g/mol. The summed E-state index contributed by atoms with van der Waals surface area (Å²) >= 11 is 0. The Hall–Kier alpha value is -3.89. The lowest BCUT2D eigenvalue weighted by atomic mass is 10.1. The normalized spacial score (nSPS) is 11.6. The summed E-state index contributed by atoms with van der Waals surface area (Å²) in [4.78, 5) is 8.31. The fourth-order valence-electron chi connectivity index (χ4n) is 2.96. The van der Waals surface area contributed by atoms with E-state index in [4.69, 9.17) is 9.26 Å². The van der Waals surface area contributed by atoms with Crippen molar-refractivity contribution < 1.29 is 14.4 Å². The van der Waals surface area contributed by atoms with E-state index in [1.807, 2.05) is 47.2 Å². The van der Waals surface area contributed by atoms with E-state index in [1.54, 1.807) is 32.5 Å². The standard InChI is InChI=1S/C23H20N4O3/c1-16(28)23-24-11-12-27(23)15-20-13-21(30-26-20)19-8-5-17(6-9-19)3-4-18-7-10-22(29-2)25-14-18/h5-14,16,28H,15H2,1-2H3. The van der Waals surface area contributed by atoms with Gasteiger partial charge in [-0.05, 0) is 37.3 Å². The van der Waals surface area contributed by atoms with Crippen LogP contribution in [0, 0.1) is 11.8 Å². The van der Waals surface area contributed by atoms with Gasteiger partial charge in [0.2, 0.25) is 5.88 Å². The van der Waals surface area contributed by atoms with Crippen molar-refractivity contribution >= 4 is 0 Å². The number of benzene rings is 1. The minimum Gasteiger partial charge on any atom is -0.481 e. The first-order valence-corrected chi connectivity index (χ1v) is 9.39. The lowest BCUT2D eigenvalue weighted by molar-refractivity contribution is 0.184. The van der Waals surface area contributed by atoms with E-state index >= 15 is 0 Å². The lowest BCUT2D eigenvalue weighted by Gasteiger charge is -2.07. The molecule has 0 aliphatic carbocycles. The third-order valence-corrected chi connectivity index (χ3v) is 4.48. The Labute approximate surface area is 174 Å². The number of imidazole rings is 1. The van der Waals surface area contributed by atoms with E-state index in [9.17, 15) is 5.11 Å². The van der Waals surface area contributed by atoms with Crippen LogP contribution in [0.1, 0.15) is 35.7 Å². The molecule has 0 spiro atoms. The fourth-order valence-corrected chi connectivity index (χ4v) is 2.96. The van der Waals surface area contributed by atoms with E-state index < -0.39 is 6.10 Å².